The number of hydrogen-bond acceptors (Lipinski definition) is 8. The average Bonchev–Trinajstić information content (AvgIpc) is 2.72. The fourth-order valence-corrected chi connectivity index (χ4v) is 3.83. The van der Waals surface area contributed by atoms with Gasteiger partial charge < -0.3 is 16.2 Å². The highest BCUT2D eigenvalue weighted by molar-refractivity contribution is 7.97. The predicted octanol–water partition coefficient (Wildman–Crippen LogP) is 3.89. The number of nitrogens with zero attached hydrogens (tertiary/aromatic N) is 4. The van der Waals surface area contributed by atoms with Crippen molar-refractivity contribution in [1.29, 1.82) is 0 Å². The van der Waals surface area contributed by atoms with Gasteiger partial charge in [0.15, 0.2) is 5.82 Å². The molecule has 0 bridgehead atoms. The number of hydrogen-bond donors (Lipinski definition) is 3. The summed E-state index contributed by atoms with van der Waals surface area (Å²) in [5.41, 5.74) is 9.98. The first kappa shape index (κ1) is 21.3. The summed E-state index contributed by atoms with van der Waals surface area (Å²) in [5, 5.41) is 13.3. The highest BCUT2D eigenvalue weighted by Gasteiger charge is 2.25. The van der Waals surface area contributed by atoms with Crippen molar-refractivity contribution in [2.75, 3.05) is 23.9 Å². The molecule has 0 spiro atoms. The summed E-state index contributed by atoms with van der Waals surface area (Å²) >= 11 is 1.75. The lowest BCUT2D eigenvalue weighted by molar-refractivity contribution is 0.212. The van der Waals surface area contributed by atoms with Gasteiger partial charge in [0.1, 0.15) is 5.52 Å². The number of aromatic nitrogens is 4. The van der Waals surface area contributed by atoms with Gasteiger partial charge in [-0.05, 0) is 42.9 Å². The quantitative estimate of drug-likeness (QED) is 0.486. The topological polar surface area (TPSA) is 110 Å². The number of fused-ring (bicyclic) bond motifs is 1. The molecule has 3 rings (SSSR count). The van der Waals surface area contributed by atoms with E-state index in [0.29, 0.717) is 16.9 Å². The molecule has 0 unspecified atom stereocenters. The summed E-state index contributed by atoms with van der Waals surface area (Å²) in [6, 6.07) is 3.97. The largest absolute Gasteiger partial charge is 0.394 e. The van der Waals surface area contributed by atoms with Crippen LogP contribution in [0.25, 0.3) is 22.2 Å². The summed E-state index contributed by atoms with van der Waals surface area (Å²) in [6.07, 6.45) is 10.4. The third-order valence-corrected chi connectivity index (χ3v) is 5.52. The minimum atomic E-state index is -0.499. The molecule has 1 atom stereocenters. The zero-order valence-electron chi connectivity index (χ0n) is 17.1. The number of aliphatic hydroxyl groups is 1. The van der Waals surface area contributed by atoms with Crippen LogP contribution in [-0.4, -0.2) is 43.4 Å². The third-order valence-electron chi connectivity index (χ3n) is 4.92. The van der Waals surface area contributed by atoms with Crippen LogP contribution in [-0.2, 0) is 5.75 Å². The summed E-state index contributed by atoms with van der Waals surface area (Å²) < 4.78 is 0. The molecule has 0 fully saturated rings. The van der Waals surface area contributed by atoms with Crippen LogP contribution in [0.3, 0.4) is 0 Å². The van der Waals surface area contributed by atoms with Crippen molar-refractivity contribution in [1.82, 2.24) is 19.9 Å². The summed E-state index contributed by atoms with van der Waals surface area (Å²) in [7, 11) is 0. The van der Waals surface area contributed by atoms with E-state index in [1.807, 2.05) is 31.5 Å². The number of nitrogen functional groups attached to an aromatic ring is 1. The van der Waals surface area contributed by atoms with Crippen LogP contribution in [0, 0.1) is 0 Å². The molecular formula is C21H28N6OS. The molecule has 0 saturated carbocycles. The van der Waals surface area contributed by atoms with Gasteiger partial charge in [-0.25, -0.2) is 4.98 Å². The highest BCUT2D eigenvalue weighted by Crippen LogP contribution is 2.30. The van der Waals surface area contributed by atoms with E-state index in [2.05, 4.69) is 38.4 Å². The van der Waals surface area contributed by atoms with Gasteiger partial charge in [-0.2, -0.15) is 16.7 Å². The van der Waals surface area contributed by atoms with Crippen molar-refractivity contribution in [2.24, 2.45) is 0 Å². The van der Waals surface area contributed by atoms with Crippen LogP contribution < -0.4 is 11.1 Å². The Morgan fingerprint density at radius 1 is 1.28 bits per heavy atom. The highest BCUT2D eigenvalue weighted by atomic mass is 32.2. The molecule has 0 aliphatic heterocycles. The molecule has 3 aromatic rings. The molecule has 0 saturated heterocycles. The summed E-state index contributed by atoms with van der Waals surface area (Å²) in [5.74, 6) is 1.59. The van der Waals surface area contributed by atoms with Gasteiger partial charge in [-0.3, -0.25) is 9.97 Å². The molecule has 154 valence electrons. The molecule has 0 radical (unpaired) electrons. The minimum absolute atomic E-state index is 0.00839. The molecule has 0 aliphatic rings. The van der Waals surface area contributed by atoms with Gasteiger partial charge in [-0.1, -0.05) is 19.8 Å². The fourth-order valence-electron chi connectivity index (χ4n) is 3.28. The molecule has 29 heavy (non-hydrogen) atoms. The van der Waals surface area contributed by atoms with E-state index in [4.69, 9.17) is 5.73 Å². The van der Waals surface area contributed by atoms with Crippen LogP contribution >= 0.6 is 11.8 Å². The first-order valence-electron chi connectivity index (χ1n) is 9.74. The van der Waals surface area contributed by atoms with Crippen LogP contribution in [0.15, 0.2) is 30.7 Å². The number of pyridine rings is 2. The number of thioether (sulfide) groups is 1. The Bertz CT molecular complexity index is 983. The van der Waals surface area contributed by atoms with Crippen LogP contribution in [0.1, 0.15) is 38.7 Å². The van der Waals surface area contributed by atoms with Crippen molar-refractivity contribution in [3.05, 3.63) is 36.3 Å². The predicted molar refractivity (Wildman–Crippen MR) is 121 cm³/mol. The molecule has 4 N–H and O–H groups in total. The summed E-state index contributed by atoms with van der Waals surface area (Å²) in [6.45, 7) is 4.10. The monoisotopic (exact) mass is 412 g/mol. The van der Waals surface area contributed by atoms with Crippen LogP contribution in [0.5, 0.6) is 0 Å². The zero-order chi connectivity index (χ0) is 20.9. The maximum Gasteiger partial charge on any atom is 0.222 e. The van der Waals surface area contributed by atoms with E-state index in [0.717, 1.165) is 41.7 Å². The van der Waals surface area contributed by atoms with Gasteiger partial charge in [-0.15, -0.1) is 0 Å². The molecule has 7 nitrogen and oxygen atoms in total. The van der Waals surface area contributed by atoms with E-state index in [1.165, 1.54) is 0 Å². The Hall–Kier alpha value is -2.45. The fraction of sp³-hybridized carbons (Fsp3) is 0.429. The van der Waals surface area contributed by atoms with Gasteiger partial charge in [0, 0.05) is 29.9 Å². The standard InChI is InChI=1S/C21H28N6OS/c1-4-5-7-21(2,13-28)27-19-18-17(25-20(22)26-19)9-14(11-24-18)16-6-8-23-10-15(16)12-29-3/h6,8-11,28H,4-5,7,12-13H2,1-3H3,(H3,22,25,26,27)/t21-/m1/s1. The molecule has 0 aliphatic carbocycles. The number of unbranched alkanes of at least 4 members (excludes halogenated alkanes) is 1. The van der Waals surface area contributed by atoms with E-state index in [-0.39, 0.29) is 12.6 Å². The van der Waals surface area contributed by atoms with Crippen molar-refractivity contribution >= 4 is 34.6 Å². The summed E-state index contributed by atoms with van der Waals surface area (Å²) in [4.78, 5) is 17.6. The van der Waals surface area contributed by atoms with E-state index < -0.39 is 5.54 Å². The number of anilines is 2. The Labute approximate surface area is 175 Å². The maximum atomic E-state index is 9.92. The van der Waals surface area contributed by atoms with E-state index in [1.54, 1.807) is 18.0 Å². The Balaban J connectivity index is 2.03. The second-order valence-electron chi connectivity index (χ2n) is 7.44. The van der Waals surface area contributed by atoms with Gasteiger partial charge in [0.25, 0.3) is 0 Å². The zero-order valence-corrected chi connectivity index (χ0v) is 18.0. The lowest BCUT2D eigenvalue weighted by Crippen LogP contribution is -2.39. The average molecular weight is 413 g/mol. The number of nitrogens with two attached hydrogens (primary N) is 1. The number of rotatable bonds is 9. The van der Waals surface area contributed by atoms with Crippen LogP contribution in [0.4, 0.5) is 11.8 Å². The first-order valence-corrected chi connectivity index (χ1v) is 11.1. The second kappa shape index (κ2) is 9.37. The van der Waals surface area contributed by atoms with Crippen molar-refractivity contribution < 1.29 is 5.11 Å². The second-order valence-corrected chi connectivity index (χ2v) is 8.30. The molecule has 0 amide bonds. The molecule has 3 heterocycles. The Morgan fingerprint density at radius 3 is 2.83 bits per heavy atom. The van der Waals surface area contributed by atoms with Gasteiger partial charge in [0.05, 0.1) is 17.7 Å². The maximum absolute atomic E-state index is 9.92. The first-order chi connectivity index (χ1) is 14.0. The molecule has 3 aromatic heterocycles. The third kappa shape index (κ3) is 4.94. The lowest BCUT2D eigenvalue weighted by Gasteiger charge is -2.29. The Kier molecular flexibility index (Phi) is 6.87. The minimum Gasteiger partial charge on any atom is -0.394 e. The van der Waals surface area contributed by atoms with Crippen LogP contribution in [0.2, 0.25) is 0 Å². The van der Waals surface area contributed by atoms with Crippen molar-refractivity contribution in [2.45, 2.75) is 44.4 Å². The molecule has 0 aromatic carbocycles. The smallest absolute Gasteiger partial charge is 0.222 e. The van der Waals surface area contributed by atoms with Gasteiger partial charge in [0.2, 0.25) is 5.95 Å². The lowest BCUT2D eigenvalue weighted by atomic mass is 9.96. The van der Waals surface area contributed by atoms with Crippen molar-refractivity contribution in [3.8, 4) is 11.1 Å². The van der Waals surface area contributed by atoms with Gasteiger partial charge >= 0.3 is 0 Å². The van der Waals surface area contributed by atoms with Crippen molar-refractivity contribution in [3.63, 3.8) is 0 Å². The molecule has 8 heteroatoms. The number of aliphatic hydroxyl groups excluding tert-OH is 1. The van der Waals surface area contributed by atoms with E-state index in [9.17, 15) is 5.11 Å². The number of nitrogens with one attached hydrogen (secondary N) is 1. The molecular weight excluding hydrogens is 384 g/mol. The SMILES string of the molecule is CCCC[C@](C)(CO)Nc1nc(N)nc2cc(-c3ccncc3CSC)cnc12. The Morgan fingerprint density at radius 2 is 2.10 bits per heavy atom. The normalized spacial score (nSPS) is 13.4. The van der Waals surface area contributed by atoms with E-state index >= 15 is 0 Å².